The third-order valence-electron chi connectivity index (χ3n) is 5.32. The van der Waals surface area contributed by atoms with E-state index < -0.39 is 10.1 Å². The van der Waals surface area contributed by atoms with Crippen LogP contribution in [0.2, 0.25) is 0 Å². The summed E-state index contributed by atoms with van der Waals surface area (Å²) in [5, 5.41) is 0. The molecule has 4 rings (SSSR count). The Labute approximate surface area is 162 Å². The molecule has 4 nitrogen and oxygen atoms in total. The minimum Gasteiger partial charge on any atom is -0.626 e. The summed E-state index contributed by atoms with van der Waals surface area (Å²) < 4.78 is 30.1. The van der Waals surface area contributed by atoms with Crippen molar-refractivity contribution in [3.8, 4) is 0 Å². The molecule has 0 spiro atoms. The van der Waals surface area contributed by atoms with Crippen LogP contribution in [-0.4, -0.2) is 29.8 Å². The third-order valence-corrected chi connectivity index (χ3v) is 7.67. The third kappa shape index (κ3) is 4.32. The number of aryl methyl sites for hydroxylation is 1. The average molecular weight is 386 g/mol. The molecule has 1 fully saturated rings. The van der Waals surface area contributed by atoms with E-state index in [1.807, 2.05) is 37.3 Å². The molecule has 2 heterocycles. The molecule has 2 aliphatic rings. The fraction of sp³-hybridized carbons (Fsp3) is 0.455. The van der Waals surface area contributed by atoms with Crippen molar-refractivity contribution < 1.29 is 14.0 Å². The number of ether oxygens (including phenoxy) is 2. The van der Waals surface area contributed by atoms with Crippen LogP contribution in [0.15, 0.2) is 57.8 Å². The lowest BCUT2D eigenvalue weighted by molar-refractivity contribution is -0.163. The normalized spacial score (nSPS) is 27.6. The smallest absolute Gasteiger partial charge is 0.157 e. The van der Waals surface area contributed by atoms with Gasteiger partial charge in [0.25, 0.3) is 0 Å². The first kappa shape index (κ1) is 18.8. The minimum absolute atomic E-state index is 0.0806. The van der Waals surface area contributed by atoms with Gasteiger partial charge in [-0.1, -0.05) is 30.3 Å². The first-order valence-corrected chi connectivity index (χ1v) is 11.5. The highest BCUT2D eigenvalue weighted by atomic mass is 32.3. The zero-order valence-corrected chi connectivity index (χ0v) is 16.6. The highest BCUT2D eigenvalue weighted by molar-refractivity contribution is 8.00. The van der Waals surface area contributed by atoms with Crippen LogP contribution >= 0.6 is 0 Å². The molecule has 5 heteroatoms. The molecule has 2 aliphatic heterocycles. The first-order chi connectivity index (χ1) is 13.1. The van der Waals surface area contributed by atoms with Crippen LogP contribution in [0.25, 0.3) is 0 Å². The minimum atomic E-state index is -2.47. The Hall–Kier alpha value is -1.53. The van der Waals surface area contributed by atoms with Crippen molar-refractivity contribution in [1.29, 1.82) is 0 Å². The van der Waals surface area contributed by atoms with Gasteiger partial charge in [0.2, 0.25) is 0 Å². The van der Waals surface area contributed by atoms with Crippen molar-refractivity contribution in [1.82, 2.24) is 0 Å². The molecule has 2 aromatic rings. The van der Waals surface area contributed by atoms with E-state index in [-0.39, 0.29) is 12.2 Å². The zero-order chi connectivity index (χ0) is 18.7. The number of fused-ring (bicyclic) bond motifs is 1. The highest BCUT2D eigenvalue weighted by Gasteiger charge is 2.32. The SMILES string of the molecule is Cc1ccc2c(c1)N=[S+]([O-])(c1ccccc1)C[C@H]2CCOC1CCCCO1. The van der Waals surface area contributed by atoms with Crippen molar-refractivity contribution in [3.63, 3.8) is 0 Å². The number of nitrogens with zero attached hydrogens (tertiary/aromatic N) is 1. The molecule has 2 aromatic carbocycles. The van der Waals surface area contributed by atoms with E-state index in [0.717, 1.165) is 48.4 Å². The van der Waals surface area contributed by atoms with Gasteiger partial charge in [-0.2, -0.15) is 0 Å². The predicted octanol–water partition coefficient (Wildman–Crippen LogP) is 5.18. The standard InChI is InChI=1S/C22H27NO3S/c1-17-10-11-20-18(12-14-26-22-9-5-6-13-25-22)16-27(24,23-21(20)15-17)19-7-3-2-4-8-19/h2-4,7-8,10-11,15,18,22H,5-6,9,12-14,16H2,1H3/t18-,22?,27?/m1/s1. The van der Waals surface area contributed by atoms with Crippen molar-refractivity contribution in [2.24, 2.45) is 4.36 Å². The molecule has 3 atom stereocenters. The summed E-state index contributed by atoms with van der Waals surface area (Å²) in [6.45, 7) is 3.46. The Morgan fingerprint density at radius 1 is 1.19 bits per heavy atom. The predicted molar refractivity (Wildman–Crippen MR) is 108 cm³/mol. The number of benzene rings is 2. The van der Waals surface area contributed by atoms with E-state index in [4.69, 9.17) is 13.8 Å². The lowest BCUT2D eigenvalue weighted by Gasteiger charge is -2.32. The second-order valence-corrected chi connectivity index (χ2v) is 9.69. The fourth-order valence-corrected chi connectivity index (χ4v) is 6.16. The van der Waals surface area contributed by atoms with E-state index in [1.54, 1.807) is 0 Å². The Bertz CT molecular complexity index is 831. The van der Waals surface area contributed by atoms with Crippen LogP contribution in [-0.2, 0) is 19.6 Å². The van der Waals surface area contributed by atoms with Crippen molar-refractivity contribution in [3.05, 3.63) is 59.7 Å². The molecule has 27 heavy (non-hydrogen) atoms. The Kier molecular flexibility index (Phi) is 5.74. The summed E-state index contributed by atoms with van der Waals surface area (Å²) in [6, 6.07) is 16.0. The summed E-state index contributed by atoms with van der Waals surface area (Å²) in [5.41, 5.74) is 3.19. The summed E-state index contributed by atoms with van der Waals surface area (Å²) >= 11 is 0. The maximum atomic E-state index is 13.7. The van der Waals surface area contributed by atoms with E-state index in [1.165, 1.54) is 5.56 Å². The number of hydrogen-bond donors (Lipinski definition) is 0. The summed E-state index contributed by atoms with van der Waals surface area (Å²) in [6.07, 6.45) is 4.00. The topological polar surface area (TPSA) is 53.9 Å². The van der Waals surface area contributed by atoms with Crippen LogP contribution in [0.3, 0.4) is 0 Å². The van der Waals surface area contributed by atoms with Gasteiger partial charge in [-0.15, -0.1) is 4.36 Å². The average Bonchev–Trinajstić information content (AvgIpc) is 2.69. The second-order valence-electron chi connectivity index (χ2n) is 7.43. The van der Waals surface area contributed by atoms with Crippen molar-refractivity contribution >= 4 is 15.8 Å². The van der Waals surface area contributed by atoms with Gasteiger partial charge in [-0.05, 0) is 72.0 Å². The van der Waals surface area contributed by atoms with Gasteiger partial charge in [0.1, 0.15) is 16.3 Å². The maximum absolute atomic E-state index is 13.7. The first-order valence-electron chi connectivity index (χ1n) is 9.78. The quantitative estimate of drug-likeness (QED) is 0.666. The zero-order valence-electron chi connectivity index (χ0n) is 15.8. The highest BCUT2D eigenvalue weighted by Crippen LogP contribution is 2.41. The van der Waals surface area contributed by atoms with Crippen LogP contribution in [0.1, 0.15) is 42.7 Å². The van der Waals surface area contributed by atoms with Crippen LogP contribution in [0, 0.1) is 6.92 Å². The Morgan fingerprint density at radius 3 is 2.81 bits per heavy atom. The Morgan fingerprint density at radius 2 is 2.04 bits per heavy atom. The van der Waals surface area contributed by atoms with Crippen molar-refractivity contribution in [2.75, 3.05) is 19.0 Å². The molecule has 0 amide bonds. The van der Waals surface area contributed by atoms with E-state index in [2.05, 4.69) is 18.2 Å². The molecule has 0 saturated carbocycles. The van der Waals surface area contributed by atoms with Crippen molar-refractivity contribution in [2.45, 2.75) is 49.7 Å². The van der Waals surface area contributed by atoms with Gasteiger partial charge in [0.05, 0.1) is 6.61 Å². The van der Waals surface area contributed by atoms with E-state index in [0.29, 0.717) is 12.4 Å². The number of rotatable bonds is 5. The van der Waals surface area contributed by atoms with Gasteiger partial charge >= 0.3 is 0 Å². The molecule has 0 bridgehead atoms. The summed E-state index contributed by atoms with van der Waals surface area (Å²) in [5.74, 6) is 0.719. The van der Waals surface area contributed by atoms with Gasteiger partial charge in [0, 0.05) is 12.5 Å². The largest absolute Gasteiger partial charge is 0.626 e. The molecule has 0 N–H and O–H groups in total. The lowest BCUT2D eigenvalue weighted by atomic mass is 9.95. The molecule has 0 aliphatic carbocycles. The summed E-state index contributed by atoms with van der Waals surface area (Å²) in [7, 11) is -2.47. The fourth-order valence-electron chi connectivity index (χ4n) is 3.84. The molecule has 144 valence electrons. The van der Waals surface area contributed by atoms with Crippen LogP contribution in [0.4, 0.5) is 5.69 Å². The molecular weight excluding hydrogens is 358 g/mol. The monoisotopic (exact) mass is 385 g/mol. The van der Waals surface area contributed by atoms with Crippen LogP contribution in [0.5, 0.6) is 0 Å². The molecule has 0 aromatic heterocycles. The second kappa shape index (κ2) is 8.23. The number of hydrogen-bond acceptors (Lipinski definition) is 4. The van der Waals surface area contributed by atoms with E-state index in [9.17, 15) is 4.55 Å². The summed E-state index contributed by atoms with van der Waals surface area (Å²) in [4.78, 5) is 0.818. The molecular formula is C22H27NO3S. The van der Waals surface area contributed by atoms with Gasteiger partial charge in [-0.3, -0.25) is 0 Å². The van der Waals surface area contributed by atoms with Crippen LogP contribution < -0.4 is 0 Å². The maximum Gasteiger partial charge on any atom is 0.157 e. The molecule has 0 radical (unpaired) electrons. The van der Waals surface area contributed by atoms with Gasteiger partial charge in [-0.25, -0.2) is 0 Å². The van der Waals surface area contributed by atoms with Gasteiger partial charge in [0.15, 0.2) is 6.29 Å². The van der Waals surface area contributed by atoms with E-state index >= 15 is 0 Å². The van der Waals surface area contributed by atoms with Gasteiger partial charge < -0.3 is 14.0 Å². The lowest BCUT2D eigenvalue weighted by Crippen LogP contribution is -2.27. The Balaban J connectivity index is 1.56. The molecule has 1 saturated heterocycles. The molecule has 2 unspecified atom stereocenters.